The van der Waals surface area contributed by atoms with E-state index in [4.69, 9.17) is 28.3 Å². The summed E-state index contributed by atoms with van der Waals surface area (Å²) in [6.07, 6.45) is 0. The minimum atomic E-state index is -1.01. The number of hydrogen-bond donors (Lipinski definition) is 1. The Morgan fingerprint density at radius 2 is 2.21 bits per heavy atom. The van der Waals surface area contributed by atoms with E-state index in [1.54, 1.807) is 12.1 Å². The summed E-state index contributed by atoms with van der Waals surface area (Å²) >= 11 is 12.9. The van der Waals surface area contributed by atoms with Crippen LogP contribution in [0.3, 0.4) is 0 Å². The zero-order valence-corrected chi connectivity index (χ0v) is 11.7. The van der Waals surface area contributed by atoms with E-state index in [0.29, 0.717) is 21.2 Å². The molecule has 0 bridgehead atoms. The van der Waals surface area contributed by atoms with Crippen LogP contribution in [0.1, 0.15) is 5.56 Å². The molecule has 0 aliphatic carbocycles. The fourth-order valence-electron chi connectivity index (χ4n) is 1.22. The van der Waals surface area contributed by atoms with Crippen LogP contribution in [-0.4, -0.2) is 36.3 Å². The van der Waals surface area contributed by atoms with Gasteiger partial charge in [0.25, 0.3) is 0 Å². The first-order valence-corrected chi connectivity index (χ1v) is 6.72. The average molecular weight is 320 g/mol. The zero-order chi connectivity index (χ0) is 13.8. The predicted octanol–water partition coefficient (Wildman–Crippen LogP) is 1.75. The quantitative estimate of drug-likeness (QED) is 0.662. The third-order valence-electron chi connectivity index (χ3n) is 2.03. The van der Waals surface area contributed by atoms with Crippen LogP contribution in [0.15, 0.2) is 17.3 Å². The van der Waals surface area contributed by atoms with Gasteiger partial charge in [-0.05, 0) is 22.1 Å². The highest BCUT2D eigenvalue weighted by molar-refractivity contribution is 7.98. The summed E-state index contributed by atoms with van der Waals surface area (Å²) in [5.74, 6) is -0.552. The molecule has 1 N–H and O–H groups in total. The van der Waals surface area contributed by atoms with Gasteiger partial charge in [0.15, 0.2) is 0 Å². The van der Waals surface area contributed by atoms with Gasteiger partial charge >= 0.3 is 5.97 Å². The summed E-state index contributed by atoms with van der Waals surface area (Å²) < 4.78 is 1.20. The molecule has 2 rings (SSSR count). The van der Waals surface area contributed by atoms with Crippen molar-refractivity contribution >= 4 is 40.9 Å². The number of pyridine rings is 1. The van der Waals surface area contributed by atoms with Gasteiger partial charge in [-0.3, -0.25) is 4.79 Å². The van der Waals surface area contributed by atoms with E-state index in [-0.39, 0.29) is 6.54 Å². The molecule has 0 fully saturated rings. The van der Waals surface area contributed by atoms with Gasteiger partial charge in [0.05, 0.1) is 0 Å². The second-order valence-corrected chi connectivity index (χ2v) is 5.07. The van der Waals surface area contributed by atoms with Crippen molar-refractivity contribution in [2.45, 2.75) is 17.5 Å². The Kier molecular flexibility index (Phi) is 4.56. The highest BCUT2D eigenvalue weighted by atomic mass is 35.5. The van der Waals surface area contributed by atoms with Crippen LogP contribution in [0.5, 0.6) is 0 Å². The van der Waals surface area contributed by atoms with Crippen molar-refractivity contribution in [2.75, 3.05) is 0 Å². The number of halogens is 2. The molecule has 7 nitrogen and oxygen atoms in total. The van der Waals surface area contributed by atoms with Crippen LogP contribution < -0.4 is 0 Å². The summed E-state index contributed by atoms with van der Waals surface area (Å²) in [7, 11) is 0. The molecule has 19 heavy (non-hydrogen) atoms. The maximum Gasteiger partial charge on any atom is 0.325 e. The van der Waals surface area contributed by atoms with E-state index in [2.05, 4.69) is 20.5 Å². The van der Waals surface area contributed by atoms with E-state index < -0.39 is 5.97 Å². The van der Waals surface area contributed by atoms with Crippen molar-refractivity contribution in [2.24, 2.45) is 0 Å². The topological polar surface area (TPSA) is 93.8 Å². The highest BCUT2D eigenvalue weighted by Gasteiger charge is 2.11. The first kappa shape index (κ1) is 14.0. The Bertz CT molecular complexity index is 606. The minimum Gasteiger partial charge on any atom is -0.480 e. The van der Waals surface area contributed by atoms with Crippen LogP contribution in [0, 0.1) is 0 Å². The van der Waals surface area contributed by atoms with E-state index >= 15 is 0 Å². The molecule has 0 spiro atoms. The number of carbonyl (C=O) groups is 1. The SMILES string of the molecule is O=C(O)Cn1nnnc1SCc1ccc(Cl)nc1Cl. The molecule has 0 aliphatic heterocycles. The van der Waals surface area contributed by atoms with E-state index in [9.17, 15) is 4.79 Å². The largest absolute Gasteiger partial charge is 0.480 e. The molecule has 0 atom stereocenters. The number of nitrogens with zero attached hydrogens (tertiary/aromatic N) is 5. The van der Waals surface area contributed by atoms with Crippen molar-refractivity contribution < 1.29 is 9.90 Å². The molecule has 2 heterocycles. The number of tetrazole rings is 1. The van der Waals surface area contributed by atoms with Crippen molar-refractivity contribution in [1.29, 1.82) is 0 Å². The van der Waals surface area contributed by atoms with Gasteiger partial charge in [0.1, 0.15) is 16.9 Å². The summed E-state index contributed by atoms with van der Waals surface area (Å²) in [6.45, 7) is -0.290. The molecule has 2 aromatic rings. The normalized spacial score (nSPS) is 10.6. The fraction of sp³-hybridized carbons (Fsp3) is 0.222. The lowest BCUT2D eigenvalue weighted by molar-refractivity contribution is -0.138. The van der Waals surface area contributed by atoms with Gasteiger partial charge in [-0.1, -0.05) is 41.0 Å². The number of hydrogen-bond acceptors (Lipinski definition) is 6. The van der Waals surface area contributed by atoms with Gasteiger partial charge in [0.2, 0.25) is 5.16 Å². The molecule has 0 unspecified atom stereocenters. The first-order chi connectivity index (χ1) is 9.06. The zero-order valence-electron chi connectivity index (χ0n) is 9.32. The van der Waals surface area contributed by atoms with E-state index in [0.717, 1.165) is 5.56 Å². The number of rotatable bonds is 5. The summed E-state index contributed by atoms with van der Waals surface area (Å²) in [6, 6.07) is 3.37. The Morgan fingerprint density at radius 3 is 2.89 bits per heavy atom. The maximum atomic E-state index is 10.6. The third kappa shape index (κ3) is 3.79. The number of aromatic nitrogens is 5. The highest BCUT2D eigenvalue weighted by Crippen LogP contribution is 2.25. The van der Waals surface area contributed by atoms with Crippen molar-refractivity contribution in [3.63, 3.8) is 0 Å². The molecule has 100 valence electrons. The van der Waals surface area contributed by atoms with Crippen molar-refractivity contribution in [1.82, 2.24) is 25.2 Å². The number of aliphatic carboxylic acids is 1. The Labute approximate surface area is 121 Å². The van der Waals surface area contributed by atoms with Gasteiger partial charge in [-0.15, -0.1) is 5.10 Å². The summed E-state index contributed by atoms with van der Waals surface area (Å²) in [4.78, 5) is 14.5. The third-order valence-corrected chi connectivity index (χ3v) is 3.58. The second kappa shape index (κ2) is 6.18. The van der Waals surface area contributed by atoms with Crippen LogP contribution in [0.4, 0.5) is 0 Å². The molecule has 2 aromatic heterocycles. The van der Waals surface area contributed by atoms with E-state index in [1.807, 2.05) is 0 Å². The number of carboxylic acid groups (broad SMARTS) is 1. The predicted molar refractivity (Wildman–Crippen MR) is 69.3 cm³/mol. The molecule has 10 heteroatoms. The average Bonchev–Trinajstić information content (AvgIpc) is 2.74. The monoisotopic (exact) mass is 319 g/mol. The van der Waals surface area contributed by atoms with Crippen LogP contribution in [0.25, 0.3) is 0 Å². The molecule has 0 saturated carbocycles. The van der Waals surface area contributed by atoms with Gasteiger partial charge in [-0.2, -0.15) is 0 Å². The number of carboxylic acids is 1. The smallest absolute Gasteiger partial charge is 0.325 e. The Balaban J connectivity index is 2.06. The molecular formula is C9H7Cl2N5O2S. The fourth-order valence-corrected chi connectivity index (χ4v) is 2.57. The second-order valence-electron chi connectivity index (χ2n) is 3.39. The van der Waals surface area contributed by atoms with Gasteiger partial charge < -0.3 is 5.11 Å². The van der Waals surface area contributed by atoms with E-state index in [1.165, 1.54) is 16.4 Å². The lowest BCUT2D eigenvalue weighted by Gasteiger charge is -2.03. The van der Waals surface area contributed by atoms with Crippen LogP contribution >= 0.6 is 35.0 Å². The molecule has 0 aromatic carbocycles. The molecule has 0 amide bonds. The molecular weight excluding hydrogens is 313 g/mol. The molecule has 0 radical (unpaired) electrons. The first-order valence-electron chi connectivity index (χ1n) is 4.98. The van der Waals surface area contributed by atoms with Crippen LogP contribution in [-0.2, 0) is 17.1 Å². The maximum absolute atomic E-state index is 10.6. The lowest BCUT2D eigenvalue weighted by atomic mass is 10.3. The Hall–Kier alpha value is -1.38. The molecule has 0 saturated heterocycles. The lowest BCUT2D eigenvalue weighted by Crippen LogP contribution is -2.11. The van der Waals surface area contributed by atoms with Crippen molar-refractivity contribution in [3.05, 3.63) is 28.0 Å². The summed E-state index contributed by atoms with van der Waals surface area (Å²) in [5.41, 5.74) is 0.765. The van der Waals surface area contributed by atoms with Gasteiger partial charge in [0, 0.05) is 5.75 Å². The minimum absolute atomic E-state index is 0.290. The molecule has 0 aliphatic rings. The summed E-state index contributed by atoms with van der Waals surface area (Å²) in [5, 5.41) is 20.5. The van der Waals surface area contributed by atoms with Crippen LogP contribution in [0.2, 0.25) is 10.3 Å². The van der Waals surface area contributed by atoms with Gasteiger partial charge in [-0.25, -0.2) is 9.67 Å². The van der Waals surface area contributed by atoms with Crippen molar-refractivity contribution in [3.8, 4) is 0 Å². The number of thioether (sulfide) groups is 1. The Morgan fingerprint density at radius 1 is 1.42 bits per heavy atom. The standard InChI is InChI=1S/C9H7Cl2N5O2S/c10-6-2-1-5(8(11)12-6)4-19-9-13-14-15-16(9)3-7(17)18/h1-2H,3-4H2,(H,17,18).